The molecular weight excluding hydrogens is 352 g/mol. The van der Waals surface area contributed by atoms with Crippen LogP contribution in [0.1, 0.15) is 0 Å². The molecule has 104 valence electrons. The van der Waals surface area contributed by atoms with Crippen molar-refractivity contribution in [2.75, 3.05) is 30.5 Å². The lowest BCUT2D eigenvalue weighted by molar-refractivity contribution is -0.117. The van der Waals surface area contributed by atoms with Crippen molar-refractivity contribution in [1.29, 1.82) is 0 Å². The summed E-state index contributed by atoms with van der Waals surface area (Å²) in [4.78, 5) is 12.2. The molecule has 1 saturated heterocycles. The van der Waals surface area contributed by atoms with Crippen molar-refractivity contribution in [2.45, 2.75) is 6.04 Å². The molecule has 1 aromatic rings. The molecular formula is C12H14BrClN2O2S. The fourth-order valence-electron chi connectivity index (χ4n) is 1.81. The highest BCUT2D eigenvalue weighted by Crippen LogP contribution is 2.36. The Hall–Kier alpha value is -0.430. The average molecular weight is 366 g/mol. The van der Waals surface area contributed by atoms with Crippen molar-refractivity contribution in [2.24, 2.45) is 0 Å². The second-order valence-electron chi connectivity index (χ2n) is 4.04. The van der Waals surface area contributed by atoms with Crippen LogP contribution >= 0.6 is 39.3 Å². The molecule has 0 spiro atoms. The van der Waals surface area contributed by atoms with E-state index in [2.05, 4.69) is 26.6 Å². The first-order valence-corrected chi connectivity index (χ1v) is 8.09. The van der Waals surface area contributed by atoms with Crippen LogP contribution in [0.15, 0.2) is 16.6 Å². The highest BCUT2D eigenvalue weighted by atomic mass is 79.9. The molecule has 0 aliphatic carbocycles. The van der Waals surface area contributed by atoms with Gasteiger partial charge in [0.25, 0.3) is 0 Å². The van der Waals surface area contributed by atoms with Gasteiger partial charge in [-0.1, -0.05) is 11.6 Å². The third-order valence-corrected chi connectivity index (χ3v) is 4.58. The van der Waals surface area contributed by atoms with Crippen LogP contribution in [-0.4, -0.2) is 37.1 Å². The number of carbonyl (C=O) groups is 1. The lowest BCUT2D eigenvalue weighted by Gasteiger charge is -2.23. The van der Waals surface area contributed by atoms with Crippen molar-refractivity contribution >= 4 is 50.9 Å². The molecule has 0 bridgehead atoms. The van der Waals surface area contributed by atoms with E-state index in [-0.39, 0.29) is 11.9 Å². The number of ether oxygens (including phenoxy) is 1. The molecule has 4 nitrogen and oxygen atoms in total. The Bertz CT molecular complexity index is 481. The van der Waals surface area contributed by atoms with Crippen LogP contribution < -0.4 is 15.4 Å². The summed E-state index contributed by atoms with van der Waals surface area (Å²) in [5.74, 6) is 2.31. The quantitative estimate of drug-likeness (QED) is 0.865. The first-order chi connectivity index (χ1) is 9.11. The number of nitrogens with one attached hydrogen (secondary N) is 2. The summed E-state index contributed by atoms with van der Waals surface area (Å²) in [5, 5.41) is 6.58. The average Bonchev–Trinajstić information content (AvgIpc) is 2.39. The number of benzene rings is 1. The van der Waals surface area contributed by atoms with E-state index < -0.39 is 0 Å². The predicted molar refractivity (Wildman–Crippen MR) is 83.4 cm³/mol. The number of halogens is 2. The van der Waals surface area contributed by atoms with E-state index in [0.717, 1.165) is 18.1 Å². The molecule has 1 heterocycles. The van der Waals surface area contributed by atoms with Crippen molar-refractivity contribution in [3.05, 3.63) is 21.6 Å². The summed E-state index contributed by atoms with van der Waals surface area (Å²) in [6, 6.07) is 3.23. The zero-order valence-electron chi connectivity index (χ0n) is 10.3. The molecule has 1 amide bonds. The Morgan fingerprint density at radius 2 is 2.42 bits per heavy atom. The zero-order valence-corrected chi connectivity index (χ0v) is 13.5. The number of amides is 1. The Morgan fingerprint density at radius 1 is 1.63 bits per heavy atom. The Morgan fingerprint density at radius 3 is 3.05 bits per heavy atom. The van der Waals surface area contributed by atoms with Gasteiger partial charge in [0.05, 0.1) is 23.3 Å². The van der Waals surface area contributed by atoms with Gasteiger partial charge in [-0.2, -0.15) is 11.8 Å². The molecule has 1 aliphatic rings. The Balaban J connectivity index is 2.15. The minimum atomic E-state index is -0.179. The molecule has 0 aromatic heterocycles. The van der Waals surface area contributed by atoms with Crippen molar-refractivity contribution < 1.29 is 9.53 Å². The Kier molecular flexibility index (Phi) is 5.38. The van der Waals surface area contributed by atoms with E-state index in [1.807, 2.05) is 0 Å². The number of anilines is 1. The van der Waals surface area contributed by atoms with E-state index in [0.29, 0.717) is 20.9 Å². The summed E-state index contributed by atoms with van der Waals surface area (Å²) in [7, 11) is 1.55. The van der Waals surface area contributed by atoms with Gasteiger partial charge in [-0.25, -0.2) is 0 Å². The van der Waals surface area contributed by atoms with Crippen LogP contribution in [-0.2, 0) is 4.79 Å². The zero-order chi connectivity index (χ0) is 13.8. The summed E-state index contributed by atoms with van der Waals surface area (Å²) in [5.41, 5.74) is 0.573. The van der Waals surface area contributed by atoms with Crippen molar-refractivity contribution in [3.8, 4) is 5.75 Å². The third-order valence-electron chi connectivity index (χ3n) is 2.71. The van der Waals surface area contributed by atoms with E-state index >= 15 is 0 Å². The molecule has 7 heteroatoms. The van der Waals surface area contributed by atoms with E-state index in [1.54, 1.807) is 31.0 Å². The maximum Gasteiger partial charge on any atom is 0.242 e. The predicted octanol–water partition coefficient (Wildman–Crippen LogP) is 2.75. The highest BCUT2D eigenvalue weighted by Gasteiger charge is 2.22. The van der Waals surface area contributed by atoms with Gasteiger partial charge in [0.15, 0.2) is 5.75 Å². The van der Waals surface area contributed by atoms with E-state index in [4.69, 9.17) is 16.3 Å². The molecule has 19 heavy (non-hydrogen) atoms. The first kappa shape index (κ1) is 15.0. The SMILES string of the molecule is COc1c(Br)cc(Cl)cc1NC(=O)C1CSCCN1. The summed E-state index contributed by atoms with van der Waals surface area (Å²) in [6.07, 6.45) is 0. The largest absolute Gasteiger partial charge is 0.493 e. The molecule has 1 aromatic carbocycles. The van der Waals surface area contributed by atoms with Gasteiger partial charge < -0.3 is 15.4 Å². The van der Waals surface area contributed by atoms with Crippen LogP contribution in [0.3, 0.4) is 0 Å². The number of hydrogen-bond acceptors (Lipinski definition) is 4. The monoisotopic (exact) mass is 364 g/mol. The van der Waals surface area contributed by atoms with Crippen LogP contribution in [0, 0.1) is 0 Å². The van der Waals surface area contributed by atoms with Crippen LogP contribution in [0.5, 0.6) is 5.75 Å². The molecule has 1 unspecified atom stereocenters. The van der Waals surface area contributed by atoms with Gasteiger partial charge in [0.2, 0.25) is 5.91 Å². The van der Waals surface area contributed by atoms with Crippen LogP contribution in [0.4, 0.5) is 5.69 Å². The first-order valence-electron chi connectivity index (χ1n) is 5.77. The highest BCUT2D eigenvalue weighted by molar-refractivity contribution is 9.10. The van der Waals surface area contributed by atoms with E-state index in [9.17, 15) is 4.79 Å². The van der Waals surface area contributed by atoms with Crippen molar-refractivity contribution in [1.82, 2.24) is 5.32 Å². The second kappa shape index (κ2) is 6.83. The van der Waals surface area contributed by atoms with Crippen molar-refractivity contribution in [3.63, 3.8) is 0 Å². The van der Waals surface area contributed by atoms with Crippen LogP contribution in [0.25, 0.3) is 0 Å². The third kappa shape index (κ3) is 3.78. The smallest absolute Gasteiger partial charge is 0.242 e. The normalized spacial score (nSPS) is 19.0. The minimum Gasteiger partial charge on any atom is -0.493 e. The summed E-state index contributed by atoms with van der Waals surface area (Å²) >= 11 is 11.1. The van der Waals surface area contributed by atoms with E-state index in [1.165, 1.54) is 0 Å². The molecule has 0 radical (unpaired) electrons. The van der Waals surface area contributed by atoms with Gasteiger partial charge in [-0.15, -0.1) is 0 Å². The van der Waals surface area contributed by atoms with Gasteiger partial charge >= 0.3 is 0 Å². The number of carbonyl (C=O) groups excluding carboxylic acids is 1. The van der Waals surface area contributed by atoms with Gasteiger partial charge in [-0.3, -0.25) is 4.79 Å². The molecule has 1 fully saturated rings. The van der Waals surface area contributed by atoms with Gasteiger partial charge in [0.1, 0.15) is 0 Å². The molecule has 1 atom stereocenters. The lowest BCUT2D eigenvalue weighted by Crippen LogP contribution is -2.46. The molecule has 0 saturated carbocycles. The topological polar surface area (TPSA) is 50.4 Å². The minimum absolute atomic E-state index is 0.0698. The van der Waals surface area contributed by atoms with Gasteiger partial charge in [0, 0.05) is 23.1 Å². The number of thioether (sulfide) groups is 1. The maximum atomic E-state index is 12.2. The fourth-order valence-corrected chi connectivity index (χ4v) is 3.72. The number of methoxy groups -OCH3 is 1. The van der Waals surface area contributed by atoms with Crippen LogP contribution in [0.2, 0.25) is 5.02 Å². The standard InChI is InChI=1S/C12H14BrClN2O2S/c1-18-11-8(13)4-7(14)5-9(11)16-12(17)10-6-19-3-2-15-10/h4-5,10,15H,2-3,6H2,1H3,(H,16,17). The summed E-state index contributed by atoms with van der Waals surface area (Å²) in [6.45, 7) is 0.846. The second-order valence-corrected chi connectivity index (χ2v) is 6.48. The maximum absolute atomic E-state index is 12.2. The number of rotatable bonds is 3. The summed E-state index contributed by atoms with van der Waals surface area (Å²) < 4.78 is 5.99. The Labute approximate surface area is 129 Å². The molecule has 2 rings (SSSR count). The lowest BCUT2D eigenvalue weighted by atomic mass is 10.2. The molecule has 2 N–H and O–H groups in total. The molecule has 1 aliphatic heterocycles. The van der Waals surface area contributed by atoms with Gasteiger partial charge in [-0.05, 0) is 28.1 Å². The fraction of sp³-hybridized carbons (Fsp3) is 0.417. The number of hydrogen-bond donors (Lipinski definition) is 2.